The lowest BCUT2D eigenvalue weighted by Gasteiger charge is -2.22. The highest BCUT2D eigenvalue weighted by molar-refractivity contribution is 5.14. The molecule has 2 aliphatic carbocycles. The normalized spacial score (nSPS) is 32.1. The number of hydrogen-bond donors (Lipinski definition) is 1. The Kier molecular flexibility index (Phi) is 2.96. The lowest BCUT2D eigenvalue weighted by molar-refractivity contribution is 0.354. The van der Waals surface area contributed by atoms with Crippen molar-refractivity contribution in [2.45, 2.75) is 38.1 Å². The number of fused-ring (bicyclic) bond motifs is 2. The highest BCUT2D eigenvalue weighted by Crippen LogP contribution is 2.44. The van der Waals surface area contributed by atoms with Crippen LogP contribution in [0.2, 0.25) is 0 Å². The van der Waals surface area contributed by atoms with Crippen LogP contribution in [0, 0.1) is 11.8 Å². The number of benzene rings is 1. The van der Waals surface area contributed by atoms with Crippen molar-refractivity contribution in [1.82, 2.24) is 5.32 Å². The number of hydrogen-bond acceptors (Lipinski definition) is 1. The molecule has 16 heavy (non-hydrogen) atoms. The van der Waals surface area contributed by atoms with Gasteiger partial charge in [0.1, 0.15) is 0 Å². The molecule has 1 nitrogen and oxygen atoms in total. The van der Waals surface area contributed by atoms with Crippen molar-refractivity contribution in [3.63, 3.8) is 0 Å². The minimum atomic E-state index is 0.836. The van der Waals surface area contributed by atoms with E-state index in [9.17, 15) is 0 Å². The largest absolute Gasteiger partial charge is 0.313 e. The molecule has 1 aromatic carbocycles. The summed E-state index contributed by atoms with van der Waals surface area (Å²) in [5, 5.41) is 3.76. The van der Waals surface area contributed by atoms with Gasteiger partial charge in [0, 0.05) is 6.04 Å². The van der Waals surface area contributed by atoms with Gasteiger partial charge in [-0.05, 0) is 49.6 Å². The van der Waals surface area contributed by atoms with Gasteiger partial charge in [-0.15, -0.1) is 0 Å². The van der Waals surface area contributed by atoms with Crippen molar-refractivity contribution in [3.8, 4) is 0 Å². The van der Waals surface area contributed by atoms with E-state index in [1.807, 2.05) is 0 Å². The number of nitrogens with one attached hydrogen (secondary N) is 1. The molecule has 1 heteroatoms. The van der Waals surface area contributed by atoms with Gasteiger partial charge < -0.3 is 5.32 Å². The summed E-state index contributed by atoms with van der Waals surface area (Å²) in [5.41, 5.74) is 1.46. The third-order valence-electron chi connectivity index (χ3n) is 4.40. The molecular weight excluding hydrogens is 194 g/mol. The summed E-state index contributed by atoms with van der Waals surface area (Å²) < 4.78 is 0. The van der Waals surface area contributed by atoms with Crippen LogP contribution in [0.25, 0.3) is 0 Å². The molecule has 0 amide bonds. The van der Waals surface area contributed by atoms with Gasteiger partial charge in [-0.25, -0.2) is 0 Å². The Morgan fingerprint density at radius 2 is 1.94 bits per heavy atom. The third-order valence-corrected chi connectivity index (χ3v) is 4.40. The summed E-state index contributed by atoms with van der Waals surface area (Å²) >= 11 is 0. The van der Waals surface area contributed by atoms with Crippen LogP contribution in [0.15, 0.2) is 30.3 Å². The molecule has 3 atom stereocenters. The molecular formula is C15H21N. The van der Waals surface area contributed by atoms with Crippen molar-refractivity contribution < 1.29 is 0 Å². The van der Waals surface area contributed by atoms with Crippen molar-refractivity contribution in [2.24, 2.45) is 11.8 Å². The van der Waals surface area contributed by atoms with Crippen LogP contribution in [0.3, 0.4) is 0 Å². The summed E-state index contributed by atoms with van der Waals surface area (Å²) in [4.78, 5) is 0. The Morgan fingerprint density at radius 1 is 1.06 bits per heavy atom. The van der Waals surface area contributed by atoms with Crippen LogP contribution in [-0.2, 0) is 6.42 Å². The van der Waals surface area contributed by atoms with Crippen LogP contribution in [0.5, 0.6) is 0 Å². The van der Waals surface area contributed by atoms with Crippen LogP contribution in [0.4, 0.5) is 0 Å². The lowest BCUT2D eigenvalue weighted by Crippen LogP contribution is -2.35. The SMILES string of the molecule is c1ccc(CCN[C@@H]2C[C@@H]3CC[C@@H]2C3)cc1. The third kappa shape index (κ3) is 2.15. The van der Waals surface area contributed by atoms with E-state index in [0.29, 0.717) is 0 Å². The predicted octanol–water partition coefficient (Wildman–Crippen LogP) is 3.01. The second-order valence-corrected chi connectivity index (χ2v) is 5.47. The zero-order valence-electron chi connectivity index (χ0n) is 9.86. The predicted molar refractivity (Wildman–Crippen MR) is 67.4 cm³/mol. The van der Waals surface area contributed by atoms with Gasteiger partial charge in [-0.3, -0.25) is 0 Å². The summed E-state index contributed by atoms with van der Waals surface area (Å²) in [6, 6.07) is 11.6. The van der Waals surface area contributed by atoms with E-state index >= 15 is 0 Å². The zero-order valence-corrected chi connectivity index (χ0v) is 9.86. The van der Waals surface area contributed by atoms with Crippen LogP contribution in [-0.4, -0.2) is 12.6 Å². The topological polar surface area (TPSA) is 12.0 Å². The quantitative estimate of drug-likeness (QED) is 0.814. The average Bonchev–Trinajstić information content (AvgIpc) is 2.92. The Hall–Kier alpha value is -0.820. The maximum Gasteiger partial charge on any atom is 0.00981 e. The Balaban J connectivity index is 1.44. The van der Waals surface area contributed by atoms with E-state index in [1.54, 1.807) is 0 Å². The molecule has 1 aromatic rings. The summed E-state index contributed by atoms with van der Waals surface area (Å²) in [7, 11) is 0. The van der Waals surface area contributed by atoms with E-state index in [1.165, 1.54) is 37.7 Å². The second-order valence-electron chi connectivity index (χ2n) is 5.47. The second kappa shape index (κ2) is 4.58. The minimum absolute atomic E-state index is 0.836. The Bertz CT molecular complexity index is 333. The maximum absolute atomic E-state index is 3.76. The average molecular weight is 215 g/mol. The fourth-order valence-corrected chi connectivity index (χ4v) is 3.54. The molecule has 0 saturated heterocycles. The molecule has 2 fully saturated rings. The smallest absolute Gasteiger partial charge is 0.00981 e. The fraction of sp³-hybridized carbons (Fsp3) is 0.600. The van der Waals surface area contributed by atoms with E-state index in [4.69, 9.17) is 0 Å². The molecule has 86 valence electrons. The zero-order chi connectivity index (χ0) is 10.8. The first-order valence-corrected chi connectivity index (χ1v) is 6.69. The van der Waals surface area contributed by atoms with Gasteiger partial charge in [-0.2, -0.15) is 0 Å². The molecule has 0 unspecified atom stereocenters. The van der Waals surface area contributed by atoms with E-state index in [2.05, 4.69) is 35.6 Å². The highest BCUT2D eigenvalue weighted by Gasteiger charge is 2.38. The molecule has 0 radical (unpaired) electrons. The van der Waals surface area contributed by atoms with Gasteiger partial charge in [0.25, 0.3) is 0 Å². The molecule has 2 saturated carbocycles. The monoisotopic (exact) mass is 215 g/mol. The first kappa shape index (κ1) is 10.3. The van der Waals surface area contributed by atoms with Gasteiger partial charge in [0.05, 0.1) is 0 Å². The van der Waals surface area contributed by atoms with E-state index < -0.39 is 0 Å². The standard InChI is InChI=1S/C15H21N/c1-2-4-12(5-3-1)8-9-16-15-11-13-6-7-14(15)10-13/h1-5,13-16H,6-11H2/t13-,14-,15-/m1/s1. The molecule has 3 rings (SSSR count). The number of rotatable bonds is 4. The molecule has 2 aliphatic rings. The van der Waals surface area contributed by atoms with Crippen LogP contribution < -0.4 is 5.32 Å². The molecule has 0 aliphatic heterocycles. The Morgan fingerprint density at radius 3 is 2.62 bits per heavy atom. The minimum Gasteiger partial charge on any atom is -0.313 e. The summed E-state index contributed by atoms with van der Waals surface area (Å²) in [6.45, 7) is 1.15. The maximum atomic E-state index is 3.76. The highest BCUT2D eigenvalue weighted by atomic mass is 14.9. The molecule has 0 spiro atoms. The molecule has 2 bridgehead atoms. The molecule has 0 aromatic heterocycles. The van der Waals surface area contributed by atoms with Crippen molar-refractivity contribution in [2.75, 3.05) is 6.54 Å². The van der Waals surface area contributed by atoms with Gasteiger partial charge in [-0.1, -0.05) is 36.8 Å². The molecule has 1 N–H and O–H groups in total. The van der Waals surface area contributed by atoms with Gasteiger partial charge >= 0.3 is 0 Å². The van der Waals surface area contributed by atoms with Gasteiger partial charge in [0.15, 0.2) is 0 Å². The van der Waals surface area contributed by atoms with E-state index in [0.717, 1.165) is 24.4 Å². The lowest BCUT2D eigenvalue weighted by atomic mass is 9.95. The van der Waals surface area contributed by atoms with Crippen molar-refractivity contribution in [3.05, 3.63) is 35.9 Å². The van der Waals surface area contributed by atoms with Crippen molar-refractivity contribution in [1.29, 1.82) is 0 Å². The van der Waals surface area contributed by atoms with Crippen molar-refractivity contribution >= 4 is 0 Å². The fourth-order valence-electron chi connectivity index (χ4n) is 3.54. The Labute approximate surface area is 98.3 Å². The first-order chi connectivity index (χ1) is 7.92. The molecule has 0 heterocycles. The van der Waals surface area contributed by atoms with E-state index in [-0.39, 0.29) is 0 Å². The van der Waals surface area contributed by atoms with Crippen LogP contribution >= 0.6 is 0 Å². The summed E-state index contributed by atoms with van der Waals surface area (Å²) in [6.07, 6.45) is 7.10. The van der Waals surface area contributed by atoms with Gasteiger partial charge in [0.2, 0.25) is 0 Å². The summed E-state index contributed by atoms with van der Waals surface area (Å²) in [5.74, 6) is 2.06. The van der Waals surface area contributed by atoms with Crippen LogP contribution in [0.1, 0.15) is 31.2 Å². The first-order valence-electron chi connectivity index (χ1n) is 6.69.